The second kappa shape index (κ2) is 10.7. The molecule has 4 aliphatic heterocycles. The van der Waals surface area contributed by atoms with Crippen LogP contribution in [0.15, 0.2) is 12.1 Å². The van der Waals surface area contributed by atoms with Crippen LogP contribution in [-0.2, 0) is 6.18 Å². The summed E-state index contributed by atoms with van der Waals surface area (Å²) in [7, 11) is 0. The number of rotatable bonds is 5. The number of fused-ring (bicyclic) bond motifs is 5. The first-order chi connectivity index (χ1) is 22.5. The minimum Gasteiger partial charge on any atom is -0.461 e. The first-order valence-electron chi connectivity index (χ1n) is 15.7. The number of nitriles is 1. The van der Waals surface area contributed by atoms with Crippen LogP contribution in [0.5, 0.6) is 6.01 Å². The molecule has 4 aromatic rings. The molecule has 0 spiro atoms. The predicted octanol–water partition coefficient (Wildman–Crippen LogP) is 5.55. The summed E-state index contributed by atoms with van der Waals surface area (Å²) < 4.78 is 97.7. The van der Waals surface area contributed by atoms with Gasteiger partial charge in [-0.25, -0.2) is 13.2 Å². The van der Waals surface area contributed by atoms with Crippen molar-refractivity contribution < 1.29 is 31.1 Å². The third kappa shape index (κ3) is 4.78. The van der Waals surface area contributed by atoms with Crippen LogP contribution in [0.25, 0.3) is 32.9 Å². The van der Waals surface area contributed by atoms with E-state index in [2.05, 4.69) is 25.5 Å². The van der Waals surface area contributed by atoms with E-state index in [4.69, 9.17) is 4.74 Å². The molecule has 4 fully saturated rings. The maximum Gasteiger partial charge on any atom is 0.417 e. The summed E-state index contributed by atoms with van der Waals surface area (Å²) >= 11 is 0. The van der Waals surface area contributed by atoms with Gasteiger partial charge in [-0.2, -0.15) is 33.5 Å². The Morgan fingerprint density at radius 1 is 1.11 bits per heavy atom. The highest BCUT2D eigenvalue weighted by Crippen LogP contribution is 2.47. The van der Waals surface area contributed by atoms with Crippen LogP contribution < -0.4 is 15.0 Å². The van der Waals surface area contributed by atoms with Crippen molar-refractivity contribution in [3.05, 3.63) is 40.6 Å². The van der Waals surface area contributed by atoms with Crippen LogP contribution in [0.3, 0.4) is 0 Å². The molecular formula is C32H30F6N8O. The maximum atomic E-state index is 16.9. The van der Waals surface area contributed by atoms with Crippen LogP contribution in [-0.4, -0.2) is 81.6 Å². The molecule has 8 rings (SSSR count). The average Bonchev–Trinajstić information content (AvgIpc) is 3.76. The van der Waals surface area contributed by atoms with Crippen molar-refractivity contribution >= 4 is 27.6 Å². The highest BCUT2D eigenvalue weighted by Gasteiger charge is 2.49. The van der Waals surface area contributed by atoms with Gasteiger partial charge in [0.15, 0.2) is 11.5 Å². The fourth-order valence-corrected chi connectivity index (χ4v) is 8.33. The molecule has 4 atom stereocenters. The SMILES string of the molecule is Cc1cc2[nH]nc(C#N)c2c(-c2c(F)cc3c(N4CC5CCC(C4)N5)nc(OC[C@@]45CCCN4C[C@H](F)C5)nc3c2F)c1C(F)(F)F. The number of hydrogen-bond donors (Lipinski definition) is 2. The lowest BCUT2D eigenvalue weighted by atomic mass is 9.89. The first kappa shape index (κ1) is 30.2. The van der Waals surface area contributed by atoms with Crippen LogP contribution >= 0.6 is 0 Å². The number of nitrogens with zero attached hydrogens (tertiary/aromatic N) is 6. The Morgan fingerprint density at radius 3 is 2.60 bits per heavy atom. The number of halogens is 6. The molecule has 0 aliphatic carbocycles. The number of aromatic amines is 1. The van der Waals surface area contributed by atoms with E-state index in [1.54, 1.807) is 6.07 Å². The summed E-state index contributed by atoms with van der Waals surface area (Å²) in [5, 5.41) is 19.1. The van der Waals surface area contributed by atoms with Gasteiger partial charge in [0.2, 0.25) is 0 Å². The molecule has 4 saturated heterocycles. The summed E-state index contributed by atoms with van der Waals surface area (Å²) in [5.41, 5.74) is -4.82. The minimum absolute atomic E-state index is 0.0205. The third-order valence-electron chi connectivity index (χ3n) is 10.3. The summed E-state index contributed by atoms with van der Waals surface area (Å²) in [4.78, 5) is 12.9. The molecule has 2 aromatic carbocycles. The van der Waals surface area contributed by atoms with Crippen molar-refractivity contribution in [3.63, 3.8) is 0 Å². The zero-order valence-electron chi connectivity index (χ0n) is 25.3. The second-order valence-corrected chi connectivity index (χ2v) is 13.2. The van der Waals surface area contributed by atoms with E-state index in [0.29, 0.717) is 26.1 Å². The van der Waals surface area contributed by atoms with Crippen molar-refractivity contribution in [2.24, 2.45) is 0 Å². The fraction of sp³-hybridized carbons (Fsp3) is 0.500. The van der Waals surface area contributed by atoms with Crippen molar-refractivity contribution in [2.45, 2.75) is 69.0 Å². The van der Waals surface area contributed by atoms with E-state index in [9.17, 15) is 22.8 Å². The standard InChI is InChI=1S/C32H30F6N8O/c1-15-7-21-24(22(10-39)44-43-21)25(26(15)32(36,37)38)23-20(34)8-19-28(27(23)35)41-30(42-29(19)45-12-17-3-4-18(13-45)40-17)47-14-31-5-2-6-46(31)11-16(33)9-31/h7-8,16-18,40H,2-6,9,11-14H2,1H3,(H,43,44)/t16-,17?,18?,31+/m1/s1. The largest absolute Gasteiger partial charge is 0.461 e. The molecule has 2 aromatic heterocycles. The summed E-state index contributed by atoms with van der Waals surface area (Å²) in [6, 6.07) is 3.86. The molecule has 2 N–H and O–H groups in total. The zero-order chi connectivity index (χ0) is 32.8. The number of alkyl halides is 4. The van der Waals surface area contributed by atoms with Gasteiger partial charge in [0.25, 0.3) is 0 Å². The van der Waals surface area contributed by atoms with Crippen molar-refractivity contribution in [1.82, 2.24) is 30.4 Å². The normalized spacial score (nSPS) is 26.0. The van der Waals surface area contributed by atoms with Crippen LogP contribution in [0.2, 0.25) is 0 Å². The summed E-state index contributed by atoms with van der Waals surface area (Å²) in [6.45, 7) is 3.21. The van der Waals surface area contributed by atoms with Gasteiger partial charge in [0, 0.05) is 54.5 Å². The molecule has 6 heterocycles. The van der Waals surface area contributed by atoms with Gasteiger partial charge >= 0.3 is 12.2 Å². The van der Waals surface area contributed by atoms with E-state index in [1.165, 1.54) is 6.92 Å². The molecule has 9 nitrogen and oxygen atoms in total. The van der Waals surface area contributed by atoms with Gasteiger partial charge in [-0.15, -0.1) is 0 Å². The number of benzene rings is 2. The van der Waals surface area contributed by atoms with Crippen LogP contribution in [0.4, 0.5) is 32.2 Å². The van der Waals surface area contributed by atoms with Gasteiger partial charge in [0.1, 0.15) is 36.0 Å². The van der Waals surface area contributed by atoms with E-state index in [1.807, 2.05) is 9.80 Å². The van der Waals surface area contributed by atoms with E-state index >= 15 is 8.78 Å². The Hall–Kier alpha value is -4.16. The molecule has 0 saturated carbocycles. The van der Waals surface area contributed by atoms with Gasteiger partial charge in [-0.3, -0.25) is 10.00 Å². The minimum atomic E-state index is -5.03. The highest BCUT2D eigenvalue weighted by atomic mass is 19.4. The Balaban J connectivity index is 1.34. The Kier molecular flexibility index (Phi) is 6.86. The molecule has 15 heteroatoms. The predicted molar refractivity (Wildman–Crippen MR) is 160 cm³/mol. The lowest BCUT2D eigenvalue weighted by Gasteiger charge is -2.34. The van der Waals surface area contributed by atoms with E-state index in [-0.39, 0.29) is 58.8 Å². The van der Waals surface area contributed by atoms with E-state index < -0.39 is 57.4 Å². The Labute approximate surface area is 264 Å². The smallest absolute Gasteiger partial charge is 0.417 e. The quantitative estimate of drug-likeness (QED) is 0.270. The number of piperazine rings is 1. The average molecular weight is 657 g/mol. The number of nitrogens with one attached hydrogen (secondary N) is 2. The van der Waals surface area contributed by atoms with Gasteiger partial charge < -0.3 is 15.0 Å². The molecule has 0 amide bonds. The second-order valence-electron chi connectivity index (χ2n) is 13.2. The van der Waals surface area contributed by atoms with Gasteiger partial charge in [-0.1, -0.05) is 0 Å². The number of hydrogen-bond acceptors (Lipinski definition) is 8. The summed E-state index contributed by atoms with van der Waals surface area (Å²) in [5.74, 6) is -2.41. The van der Waals surface area contributed by atoms with Crippen molar-refractivity contribution in [3.8, 4) is 23.2 Å². The van der Waals surface area contributed by atoms with Crippen molar-refractivity contribution in [2.75, 3.05) is 37.7 Å². The molecule has 2 unspecified atom stereocenters. The number of aromatic nitrogens is 4. The van der Waals surface area contributed by atoms with Crippen LogP contribution in [0, 0.1) is 29.9 Å². The number of ether oxygens (including phenoxy) is 1. The molecule has 2 bridgehead atoms. The molecule has 4 aliphatic rings. The summed E-state index contributed by atoms with van der Waals surface area (Å²) in [6.07, 6.45) is -2.37. The number of anilines is 1. The fourth-order valence-electron chi connectivity index (χ4n) is 8.33. The third-order valence-corrected chi connectivity index (χ3v) is 10.3. The van der Waals surface area contributed by atoms with Gasteiger partial charge in [-0.05, 0) is 56.8 Å². The monoisotopic (exact) mass is 656 g/mol. The number of aryl methyl sites for hydroxylation is 1. The molecule has 47 heavy (non-hydrogen) atoms. The first-order valence-corrected chi connectivity index (χ1v) is 15.7. The topological polar surface area (TPSA) is 106 Å². The molecular weight excluding hydrogens is 626 g/mol. The van der Waals surface area contributed by atoms with E-state index in [0.717, 1.165) is 37.9 Å². The lowest BCUT2D eigenvalue weighted by Crippen LogP contribution is -2.51. The number of H-pyrrole nitrogens is 1. The highest BCUT2D eigenvalue weighted by molar-refractivity contribution is 6.03. The Bertz CT molecular complexity index is 1960. The van der Waals surface area contributed by atoms with Crippen molar-refractivity contribution in [1.29, 1.82) is 5.26 Å². The van der Waals surface area contributed by atoms with Crippen LogP contribution in [0.1, 0.15) is 48.9 Å². The zero-order valence-corrected chi connectivity index (χ0v) is 25.3. The molecule has 0 radical (unpaired) electrons. The Morgan fingerprint density at radius 2 is 1.87 bits per heavy atom. The van der Waals surface area contributed by atoms with Gasteiger partial charge in [0.05, 0.1) is 22.2 Å². The molecule has 246 valence electrons. The maximum absolute atomic E-state index is 16.9. The lowest BCUT2D eigenvalue weighted by molar-refractivity contribution is -0.137.